The van der Waals surface area contributed by atoms with E-state index in [1.54, 1.807) is 7.11 Å². The van der Waals surface area contributed by atoms with Gasteiger partial charge in [-0.25, -0.2) is 0 Å². The van der Waals surface area contributed by atoms with Gasteiger partial charge in [0.05, 0.1) is 6.61 Å². The Kier molecular flexibility index (Phi) is 7.98. The van der Waals surface area contributed by atoms with E-state index in [1.807, 2.05) is 0 Å². The lowest BCUT2D eigenvalue weighted by Crippen LogP contribution is -2.38. The molecule has 0 fully saturated rings. The Morgan fingerprint density at radius 3 is 2.38 bits per heavy atom. The molecule has 3 nitrogen and oxygen atoms in total. The van der Waals surface area contributed by atoms with Crippen LogP contribution < -0.4 is 5.73 Å². The molecule has 3 heteroatoms. The van der Waals surface area contributed by atoms with E-state index in [0.717, 1.165) is 32.5 Å². The van der Waals surface area contributed by atoms with Gasteiger partial charge in [-0.3, -0.25) is 4.90 Å². The molecule has 0 bridgehead atoms. The van der Waals surface area contributed by atoms with Crippen LogP contribution in [-0.4, -0.2) is 43.3 Å². The molecule has 0 spiro atoms. The first kappa shape index (κ1) is 15.9. The van der Waals surface area contributed by atoms with Gasteiger partial charge in [-0.05, 0) is 46.6 Å². The first-order valence-electron chi connectivity index (χ1n) is 6.42. The lowest BCUT2D eigenvalue weighted by atomic mass is 10.00. The maximum atomic E-state index is 5.99. The second-order valence-electron chi connectivity index (χ2n) is 5.38. The molecule has 0 aromatic carbocycles. The van der Waals surface area contributed by atoms with Crippen LogP contribution in [0.1, 0.15) is 47.0 Å². The molecule has 0 aromatic rings. The molecule has 0 aliphatic rings. The van der Waals surface area contributed by atoms with Crippen LogP contribution in [0.5, 0.6) is 0 Å². The van der Waals surface area contributed by atoms with Crippen LogP contribution in [0.2, 0.25) is 0 Å². The molecular formula is C13H30N2O. The van der Waals surface area contributed by atoms with Gasteiger partial charge in [-0.2, -0.15) is 0 Å². The molecule has 0 aliphatic heterocycles. The fourth-order valence-corrected chi connectivity index (χ4v) is 1.76. The molecule has 1 atom stereocenters. The number of hydrogen-bond donors (Lipinski definition) is 1. The number of nitrogens with zero attached hydrogens (tertiary/aromatic N) is 1. The highest BCUT2D eigenvalue weighted by Gasteiger charge is 2.14. The van der Waals surface area contributed by atoms with Crippen LogP contribution in [0.4, 0.5) is 0 Å². The summed E-state index contributed by atoms with van der Waals surface area (Å²) in [6.45, 7) is 11.7. The third-order valence-electron chi connectivity index (χ3n) is 3.06. The minimum absolute atomic E-state index is 0.0393. The largest absolute Gasteiger partial charge is 0.383 e. The summed E-state index contributed by atoms with van der Waals surface area (Å²) in [5, 5.41) is 0. The number of ether oxygens (including phenoxy) is 1. The fraction of sp³-hybridized carbons (Fsp3) is 1.00. The maximum absolute atomic E-state index is 5.99. The summed E-state index contributed by atoms with van der Waals surface area (Å²) < 4.78 is 5.15. The molecule has 0 heterocycles. The Morgan fingerprint density at radius 2 is 1.94 bits per heavy atom. The van der Waals surface area contributed by atoms with Crippen LogP contribution >= 0.6 is 0 Å². The van der Waals surface area contributed by atoms with Gasteiger partial charge >= 0.3 is 0 Å². The highest BCUT2D eigenvalue weighted by molar-refractivity contribution is 4.73. The van der Waals surface area contributed by atoms with E-state index in [2.05, 4.69) is 32.6 Å². The van der Waals surface area contributed by atoms with Crippen molar-refractivity contribution in [2.75, 3.05) is 26.8 Å². The van der Waals surface area contributed by atoms with Crippen LogP contribution in [0.3, 0.4) is 0 Å². The zero-order chi connectivity index (χ0) is 12.6. The Labute approximate surface area is 101 Å². The fourth-order valence-electron chi connectivity index (χ4n) is 1.76. The van der Waals surface area contributed by atoms with Gasteiger partial charge in [0.15, 0.2) is 0 Å². The summed E-state index contributed by atoms with van der Waals surface area (Å²) >= 11 is 0. The van der Waals surface area contributed by atoms with Crippen molar-refractivity contribution < 1.29 is 4.74 Å². The summed E-state index contributed by atoms with van der Waals surface area (Å²) in [5.74, 6) is 0. The molecule has 0 saturated heterocycles. The summed E-state index contributed by atoms with van der Waals surface area (Å²) in [6, 6.07) is 0.635. The predicted octanol–water partition coefficient (Wildman–Crippen LogP) is 2.25. The molecule has 98 valence electrons. The summed E-state index contributed by atoms with van der Waals surface area (Å²) in [7, 11) is 1.76. The van der Waals surface area contributed by atoms with Crippen LogP contribution in [0.25, 0.3) is 0 Å². The quantitative estimate of drug-likeness (QED) is 0.660. The van der Waals surface area contributed by atoms with Crippen LogP contribution in [-0.2, 0) is 4.74 Å². The van der Waals surface area contributed by atoms with Crippen molar-refractivity contribution in [2.24, 2.45) is 5.73 Å². The Hall–Kier alpha value is -0.120. The normalized spacial score (nSPS) is 14.4. The van der Waals surface area contributed by atoms with Gasteiger partial charge < -0.3 is 10.5 Å². The smallest absolute Gasteiger partial charge is 0.0589 e. The van der Waals surface area contributed by atoms with Gasteiger partial charge in [-0.1, -0.05) is 6.92 Å². The Morgan fingerprint density at radius 1 is 1.31 bits per heavy atom. The van der Waals surface area contributed by atoms with E-state index in [1.165, 1.54) is 6.42 Å². The first-order valence-corrected chi connectivity index (χ1v) is 6.42. The van der Waals surface area contributed by atoms with E-state index >= 15 is 0 Å². The van der Waals surface area contributed by atoms with Crippen LogP contribution in [0, 0.1) is 0 Å². The van der Waals surface area contributed by atoms with Crippen molar-refractivity contribution in [3.63, 3.8) is 0 Å². The molecular weight excluding hydrogens is 200 g/mol. The van der Waals surface area contributed by atoms with Gasteiger partial charge in [0, 0.05) is 25.2 Å². The van der Waals surface area contributed by atoms with E-state index < -0.39 is 0 Å². The van der Waals surface area contributed by atoms with Crippen molar-refractivity contribution in [3.05, 3.63) is 0 Å². The molecule has 0 rings (SSSR count). The predicted molar refractivity (Wildman–Crippen MR) is 70.7 cm³/mol. The zero-order valence-electron chi connectivity index (χ0n) is 11.8. The van der Waals surface area contributed by atoms with Gasteiger partial charge in [0.1, 0.15) is 0 Å². The highest BCUT2D eigenvalue weighted by atomic mass is 16.5. The molecule has 16 heavy (non-hydrogen) atoms. The van der Waals surface area contributed by atoms with Gasteiger partial charge in [-0.15, -0.1) is 0 Å². The number of hydrogen-bond acceptors (Lipinski definition) is 3. The molecule has 0 radical (unpaired) electrons. The molecule has 0 amide bonds. The van der Waals surface area contributed by atoms with Crippen molar-refractivity contribution in [3.8, 4) is 0 Å². The van der Waals surface area contributed by atoms with E-state index in [9.17, 15) is 0 Å². The topological polar surface area (TPSA) is 38.5 Å². The summed E-state index contributed by atoms with van der Waals surface area (Å²) in [6.07, 6.45) is 3.43. The molecule has 1 unspecified atom stereocenters. The second kappa shape index (κ2) is 8.04. The standard InChI is InChI=1S/C13H30N2O/c1-6-12(2)15(10-11-16-5)9-7-8-13(3,4)14/h12H,6-11,14H2,1-5H3. The SMILES string of the molecule is CCC(C)N(CCCC(C)(C)N)CCOC. The van der Waals surface area contributed by atoms with E-state index in [4.69, 9.17) is 10.5 Å². The van der Waals surface area contributed by atoms with Crippen LogP contribution in [0.15, 0.2) is 0 Å². The Balaban J connectivity index is 3.91. The van der Waals surface area contributed by atoms with E-state index in [0.29, 0.717) is 6.04 Å². The summed E-state index contributed by atoms with van der Waals surface area (Å²) in [4.78, 5) is 2.50. The number of nitrogens with two attached hydrogens (primary N) is 1. The zero-order valence-corrected chi connectivity index (χ0v) is 11.8. The lowest BCUT2D eigenvalue weighted by molar-refractivity contribution is 0.120. The first-order chi connectivity index (χ1) is 7.40. The lowest BCUT2D eigenvalue weighted by Gasteiger charge is -2.29. The number of methoxy groups -OCH3 is 1. The van der Waals surface area contributed by atoms with Crippen molar-refractivity contribution in [1.29, 1.82) is 0 Å². The minimum atomic E-state index is -0.0393. The van der Waals surface area contributed by atoms with Gasteiger partial charge in [0.2, 0.25) is 0 Å². The third-order valence-corrected chi connectivity index (χ3v) is 3.06. The van der Waals surface area contributed by atoms with Crippen molar-refractivity contribution in [2.45, 2.75) is 58.5 Å². The molecule has 0 saturated carbocycles. The monoisotopic (exact) mass is 230 g/mol. The Bertz CT molecular complexity index is 166. The summed E-state index contributed by atoms with van der Waals surface area (Å²) in [5.41, 5.74) is 5.95. The van der Waals surface area contributed by atoms with Crippen molar-refractivity contribution in [1.82, 2.24) is 4.90 Å². The number of rotatable bonds is 9. The average Bonchev–Trinajstić information content (AvgIpc) is 2.20. The van der Waals surface area contributed by atoms with Gasteiger partial charge in [0.25, 0.3) is 0 Å². The highest BCUT2D eigenvalue weighted by Crippen LogP contribution is 2.10. The maximum Gasteiger partial charge on any atom is 0.0589 e. The average molecular weight is 230 g/mol. The molecule has 0 aromatic heterocycles. The third kappa shape index (κ3) is 8.08. The van der Waals surface area contributed by atoms with Crippen molar-refractivity contribution >= 4 is 0 Å². The molecule has 2 N–H and O–H groups in total. The second-order valence-corrected chi connectivity index (χ2v) is 5.38. The molecule has 0 aliphatic carbocycles. The van der Waals surface area contributed by atoms with E-state index in [-0.39, 0.29) is 5.54 Å². The minimum Gasteiger partial charge on any atom is -0.383 e.